The van der Waals surface area contributed by atoms with Gasteiger partial charge >= 0.3 is 0 Å². The van der Waals surface area contributed by atoms with Gasteiger partial charge in [0.05, 0.1) is 25.2 Å². The molecular weight excluding hydrogens is 221 g/mol. The van der Waals surface area contributed by atoms with Gasteiger partial charge in [-0.1, -0.05) is 0 Å². The number of methoxy groups -OCH3 is 1. The van der Waals surface area contributed by atoms with Gasteiger partial charge in [0.15, 0.2) is 0 Å². The molecule has 0 unspecified atom stereocenters. The van der Waals surface area contributed by atoms with Crippen LogP contribution < -0.4 is 10.5 Å². The summed E-state index contributed by atoms with van der Waals surface area (Å²) >= 11 is 0. The van der Waals surface area contributed by atoms with Crippen molar-refractivity contribution in [1.82, 2.24) is 9.97 Å². The van der Waals surface area contributed by atoms with Gasteiger partial charge in [-0.3, -0.25) is 0 Å². The summed E-state index contributed by atoms with van der Waals surface area (Å²) in [6, 6.07) is 4.35. The molecule has 0 fully saturated rings. The molecule has 0 aliphatic carbocycles. The number of nitrogens with two attached hydrogens (primary N) is 1. The maximum atomic E-state index is 13.1. The molecule has 1 heterocycles. The lowest BCUT2D eigenvalue weighted by Gasteiger charge is -2.07. The Labute approximate surface area is 98.3 Å². The Balaban J connectivity index is 2.28. The second kappa shape index (κ2) is 4.78. The summed E-state index contributed by atoms with van der Waals surface area (Å²) in [5.74, 6) is 0.881. The van der Waals surface area contributed by atoms with Crippen LogP contribution in [0.4, 0.5) is 10.1 Å². The number of rotatable bonds is 3. The van der Waals surface area contributed by atoms with Crippen molar-refractivity contribution in [2.45, 2.75) is 6.42 Å². The molecule has 0 radical (unpaired) electrons. The lowest BCUT2D eigenvalue weighted by Crippen LogP contribution is -2.00. The number of nitrogens with zero attached hydrogens (tertiary/aromatic N) is 2. The van der Waals surface area contributed by atoms with E-state index in [-0.39, 0.29) is 5.82 Å². The molecule has 0 aliphatic rings. The molecule has 4 nitrogen and oxygen atoms in total. The molecule has 0 saturated carbocycles. The first-order valence-corrected chi connectivity index (χ1v) is 5.08. The third-order valence-electron chi connectivity index (χ3n) is 2.32. The summed E-state index contributed by atoms with van der Waals surface area (Å²) in [4.78, 5) is 8.13. The Kier molecular flexibility index (Phi) is 3.18. The first kappa shape index (κ1) is 11.3. The van der Waals surface area contributed by atoms with Crippen molar-refractivity contribution >= 4 is 5.69 Å². The summed E-state index contributed by atoms with van der Waals surface area (Å²) in [5, 5.41) is 0. The fraction of sp³-hybridized carbons (Fsp3) is 0.167. The standard InChI is InChI=1S/C12H12FN3O/c1-17-11-3-2-9(13)4-8(11)5-12-15-6-10(14)7-16-12/h2-4,6-7H,5,14H2,1H3. The Morgan fingerprint density at radius 3 is 2.65 bits per heavy atom. The normalized spacial score (nSPS) is 10.2. The van der Waals surface area contributed by atoms with Crippen LogP contribution in [-0.4, -0.2) is 17.1 Å². The highest BCUT2D eigenvalue weighted by Crippen LogP contribution is 2.21. The van der Waals surface area contributed by atoms with Crippen LogP contribution in [0.5, 0.6) is 5.75 Å². The van der Waals surface area contributed by atoms with E-state index in [1.165, 1.54) is 24.5 Å². The van der Waals surface area contributed by atoms with Gasteiger partial charge in [-0.05, 0) is 18.2 Å². The minimum atomic E-state index is -0.309. The fourth-order valence-corrected chi connectivity index (χ4v) is 1.51. The minimum absolute atomic E-state index is 0.309. The predicted molar refractivity (Wildman–Crippen MR) is 62.2 cm³/mol. The number of aromatic nitrogens is 2. The summed E-state index contributed by atoms with van der Waals surface area (Å²) in [6.07, 6.45) is 3.45. The third-order valence-corrected chi connectivity index (χ3v) is 2.32. The van der Waals surface area contributed by atoms with Gasteiger partial charge in [0, 0.05) is 12.0 Å². The number of hydrogen-bond donors (Lipinski definition) is 1. The first-order chi connectivity index (χ1) is 8.19. The average Bonchev–Trinajstić information content (AvgIpc) is 2.32. The van der Waals surface area contributed by atoms with Gasteiger partial charge in [-0.25, -0.2) is 14.4 Å². The Hall–Kier alpha value is -2.17. The van der Waals surface area contributed by atoms with Gasteiger partial charge in [-0.2, -0.15) is 0 Å². The zero-order valence-electron chi connectivity index (χ0n) is 9.35. The number of ether oxygens (including phenoxy) is 1. The Morgan fingerprint density at radius 2 is 2.00 bits per heavy atom. The monoisotopic (exact) mass is 233 g/mol. The number of benzene rings is 1. The van der Waals surface area contributed by atoms with Gasteiger partial charge in [-0.15, -0.1) is 0 Å². The van der Waals surface area contributed by atoms with E-state index in [4.69, 9.17) is 10.5 Å². The molecule has 0 saturated heterocycles. The largest absolute Gasteiger partial charge is 0.496 e. The van der Waals surface area contributed by atoms with Gasteiger partial charge < -0.3 is 10.5 Å². The molecule has 1 aromatic carbocycles. The highest BCUT2D eigenvalue weighted by Gasteiger charge is 2.07. The maximum Gasteiger partial charge on any atom is 0.132 e. The molecule has 1 aromatic heterocycles. The summed E-state index contributed by atoms with van der Waals surface area (Å²) in [6.45, 7) is 0. The summed E-state index contributed by atoms with van der Waals surface area (Å²) in [7, 11) is 1.54. The van der Waals surface area contributed by atoms with Gasteiger partial charge in [0.2, 0.25) is 0 Å². The molecule has 0 spiro atoms. The molecule has 0 amide bonds. The van der Waals surface area contributed by atoms with Crippen LogP contribution in [0.1, 0.15) is 11.4 Å². The molecule has 0 bridgehead atoms. The van der Waals surface area contributed by atoms with Crippen LogP contribution in [0.15, 0.2) is 30.6 Å². The fourth-order valence-electron chi connectivity index (χ4n) is 1.51. The van der Waals surface area contributed by atoms with Gasteiger partial charge in [0.25, 0.3) is 0 Å². The van der Waals surface area contributed by atoms with Crippen LogP contribution >= 0.6 is 0 Å². The van der Waals surface area contributed by atoms with Crippen LogP contribution in [0.3, 0.4) is 0 Å². The van der Waals surface area contributed by atoms with Gasteiger partial charge in [0.1, 0.15) is 17.4 Å². The number of nitrogen functional groups attached to an aromatic ring is 1. The zero-order valence-corrected chi connectivity index (χ0v) is 9.35. The molecule has 2 N–H and O–H groups in total. The predicted octanol–water partition coefficient (Wildman–Crippen LogP) is 1.80. The summed E-state index contributed by atoms with van der Waals surface area (Å²) < 4.78 is 18.3. The molecule has 2 aromatic rings. The second-order valence-corrected chi connectivity index (χ2v) is 3.57. The topological polar surface area (TPSA) is 61.0 Å². The van der Waals surface area contributed by atoms with E-state index in [0.717, 1.165) is 0 Å². The van der Waals surface area contributed by atoms with Crippen molar-refractivity contribution in [3.63, 3.8) is 0 Å². The van der Waals surface area contributed by atoms with E-state index in [1.54, 1.807) is 13.2 Å². The molecule has 88 valence electrons. The van der Waals surface area contributed by atoms with Crippen molar-refractivity contribution in [3.8, 4) is 5.75 Å². The van der Waals surface area contributed by atoms with Crippen LogP contribution in [0, 0.1) is 5.82 Å². The lowest BCUT2D eigenvalue weighted by molar-refractivity contribution is 0.409. The van der Waals surface area contributed by atoms with E-state index in [2.05, 4.69) is 9.97 Å². The first-order valence-electron chi connectivity index (χ1n) is 5.08. The highest BCUT2D eigenvalue weighted by atomic mass is 19.1. The van der Waals surface area contributed by atoms with Crippen LogP contribution in [0.25, 0.3) is 0 Å². The Bertz CT molecular complexity index is 514. The number of anilines is 1. The molecule has 17 heavy (non-hydrogen) atoms. The SMILES string of the molecule is COc1ccc(F)cc1Cc1ncc(N)cn1. The van der Waals surface area contributed by atoms with Crippen molar-refractivity contribution in [1.29, 1.82) is 0 Å². The number of halogens is 1. The molecular formula is C12H12FN3O. The molecule has 2 rings (SSSR count). The molecule has 0 aliphatic heterocycles. The van der Waals surface area contributed by atoms with E-state index in [9.17, 15) is 4.39 Å². The number of hydrogen-bond acceptors (Lipinski definition) is 4. The average molecular weight is 233 g/mol. The minimum Gasteiger partial charge on any atom is -0.496 e. The van der Waals surface area contributed by atoms with E-state index < -0.39 is 0 Å². The zero-order chi connectivity index (χ0) is 12.3. The quantitative estimate of drug-likeness (QED) is 0.878. The maximum absolute atomic E-state index is 13.1. The summed E-state index contributed by atoms with van der Waals surface area (Å²) in [5.41, 5.74) is 6.70. The lowest BCUT2D eigenvalue weighted by atomic mass is 10.1. The van der Waals surface area contributed by atoms with Crippen molar-refractivity contribution in [3.05, 3.63) is 47.8 Å². The third kappa shape index (κ3) is 2.69. The van der Waals surface area contributed by atoms with E-state index >= 15 is 0 Å². The smallest absolute Gasteiger partial charge is 0.132 e. The highest BCUT2D eigenvalue weighted by molar-refractivity contribution is 5.37. The van der Waals surface area contributed by atoms with Crippen molar-refractivity contribution in [2.75, 3.05) is 12.8 Å². The molecule has 5 heteroatoms. The van der Waals surface area contributed by atoms with Crippen LogP contribution in [-0.2, 0) is 6.42 Å². The van der Waals surface area contributed by atoms with Crippen molar-refractivity contribution < 1.29 is 9.13 Å². The van der Waals surface area contributed by atoms with Crippen LogP contribution in [0.2, 0.25) is 0 Å². The molecule has 0 atom stereocenters. The van der Waals surface area contributed by atoms with Crippen molar-refractivity contribution in [2.24, 2.45) is 0 Å². The second-order valence-electron chi connectivity index (χ2n) is 3.57. The van der Waals surface area contributed by atoms with E-state index in [0.29, 0.717) is 29.2 Å². The Morgan fingerprint density at radius 1 is 1.29 bits per heavy atom. The van der Waals surface area contributed by atoms with E-state index in [1.807, 2.05) is 0 Å².